The first kappa shape index (κ1) is 12.1. The largest absolute Gasteiger partial charge is 0.277 e. The molecule has 1 amide bonds. The Morgan fingerprint density at radius 2 is 2.08 bits per heavy atom. The molecule has 0 fully saturated rings. The van der Waals surface area contributed by atoms with Gasteiger partial charge in [0.2, 0.25) is 6.41 Å². The lowest BCUT2D eigenvalue weighted by Crippen LogP contribution is -2.11. The molecule has 0 aromatic rings. The average Bonchev–Trinajstić information content (AvgIpc) is 2.16. The van der Waals surface area contributed by atoms with Gasteiger partial charge >= 0.3 is 0 Å². The second-order valence-electron chi connectivity index (χ2n) is 3.16. The second-order valence-corrected chi connectivity index (χ2v) is 3.16. The monoisotopic (exact) mass is 184 g/mol. The topological polar surface area (TPSA) is 32.7 Å². The van der Waals surface area contributed by atoms with Crippen LogP contribution in [0.2, 0.25) is 0 Å². The van der Waals surface area contributed by atoms with E-state index in [1.165, 1.54) is 24.3 Å². The normalized spacial score (nSPS) is 11.5. The Hall–Kier alpha value is -0.860. The van der Waals surface area contributed by atoms with E-state index in [4.69, 9.17) is 0 Å². The fraction of sp³-hybridized carbons (Fsp3) is 0.800. The Labute approximate surface area is 80.8 Å². The lowest BCUT2D eigenvalue weighted by atomic mass is 10.1. The molecule has 0 unspecified atom stereocenters. The first-order valence-corrected chi connectivity index (χ1v) is 4.99. The number of unbranched alkanes of at least 4 members (excludes halogenated alkanes) is 2. The van der Waals surface area contributed by atoms with Crippen LogP contribution in [0.5, 0.6) is 0 Å². The summed E-state index contributed by atoms with van der Waals surface area (Å²) in [4.78, 5) is 10.3. The van der Waals surface area contributed by atoms with Crippen LogP contribution in [0.3, 0.4) is 0 Å². The fourth-order valence-electron chi connectivity index (χ4n) is 1.12. The highest BCUT2D eigenvalue weighted by molar-refractivity contribution is 5.84. The van der Waals surface area contributed by atoms with Crippen molar-refractivity contribution >= 4 is 12.1 Å². The van der Waals surface area contributed by atoms with Crippen molar-refractivity contribution in [2.45, 2.75) is 46.0 Å². The quantitative estimate of drug-likeness (QED) is 0.259. The van der Waals surface area contributed by atoms with Crippen molar-refractivity contribution in [1.29, 1.82) is 0 Å². The number of carbonyl (C=O) groups is 1. The molecule has 3 heteroatoms. The average molecular weight is 184 g/mol. The highest BCUT2D eigenvalue weighted by Crippen LogP contribution is 2.03. The molecule has 0 atom stereocenters. The van der Waals surface area contributed by atoms with Gasteiger partial charge in [0.15, 0.2) is 0 Å². The van der Waals surface area contributed by atoms with E-state index < -0.39 is 0 Å². The number of hydrogen-bond acceptors (Lipinski definition) is 2. The van der Waals surface area contributed by atoms with Crippen LogP contribution in [0, 0.1) is 0 Å². The van der Waals surface area contributed by atoms with Crippen LogP contribution in [0.15, 0.2) is 5.10 Å². The summed E-state index contributed by atoms with van der Waals surface area (Å²) in [5, 5.41) is 5.51. The van der Waals surface area contributed by atoms with Crippen LogP contribution in [0.25, 0.3) is 0 Å². The molecule has 0 N–H and O–H groups in total. The third-order valence-corrected chi connectivity index (χ3v) is 1.93. The number of nitrogens with zero attached hydrogens (tertiary/aromatic N) is 2. The van der Waals surface area contributed by atoms with Gasteiger partial charge in [-0.15, -0.1) is 0 Å². The van der Waals surface area contributed by atoms with Crippen LogP contribution < -0.4 is 0 Å². The van der Waals surface area contributed by atoms with Crippen LogP contribution in [0.1, 0.15) is 46.0 Å². The van der Waals surface area contributed by atoms with Crippen molar-refractivity contribution in [3.63, 3.8) is 0 Å². The summed E-state index contributed by atoms with van der Waals surface area (Å²) in [6, 6.07) is 0. The van der Waals surface area contributed by atoms with Crippen molar-refractivity contribution in [3.8, 4) is 0 Å². The molecular formula is C10H20N2O. The zero-order chi connectivity index (χ0) is 10.1. The van der Waals surface area contributed by atoms with Crippen LogP contribution in [0.4, 0.5) is 0 Å². The van der Waals surface area contributed by atoms with Gasteiger partial charge in [-0.25, -0.2) is 5.01 Å². The molecule has 0 aromatic carbocycles. The molecule has 0 saturated heterocycles. The maximum Gasteiger partial charge on any atom is 0.229 e. The predicted octanol–water partition coefficient (Wildman–Crippen LogP) is 2.42. The number of hydrazone groups is 1. The summed E-state index contributed by atoms with van der Waals surface area (Å²) < 4.78 is 0. The minimum absolute atomic E-state index is 0.732. The number of hydrogen-bond donors (Lipinski definition) is 0. The Morgan fingerprint density at radius 1 is 1.38 bits per heavy atom. The van der Waals surface area contributed by atoms with Crippen molar-refractivity contribution < 1.29 is 4.79 Å². The Morgan fingerprint density at radius 3 is 2.54 bits per heavy atom. The molecule has 13 heavy (non-hydrogen) atoms. The summed E-state index contributed by atoms with van der Waals surface area (Å²) in [6.45, 7) is 4.25. The summed E-state index contributed by atoms with van der Waals surface area (Å²) in [5.74, 6) is 0. The fourth-order valence-corrected chi connectivity index (χ4v) is 1.12. The molecule has 0 heterocycles. The molecule has 0 radical (unpaired) electrons. The summed E-state index contributed by atoms with van der Waals surface area (Å²) >= 11 is 0. The van der Waals surface area contributed by atoms with E-state index in [0.29, 0.717) is 0 Å². The summed E-state index contributed by atoms with van der Waals surface area (Å²) in [6.07, 6.45) is 6.32. The molecule has 0 spiro atoms. The van der Waals surface area contributed by atoms with Crippen molar-refractivity contribution in [2.75, 3.05) is 7.05 Å². The zero-order valence-corrected chi connectivity index (χ0v) is 8.92. The Balaban J connectivity index is 3.86. The van der Waals surface area contributed by atoms with E-state index in [1.54, 1.807) is 7.05 Å². The molecule has 0 aromatic heterocycles. The first-order chi connectivity index (χ1) is 6.24. The van der Waals surface area contributed by atoms with Gasteiger partial charge in [-0.3, -0.25) is 4.79 Å². The SMILES string of the molecule is CCCCCC(CC)=NN(C)C=O. The van der Waals surface area contributed by atoms with Gasteiger partial charge in [0.1, 0.15) is 0 Å². The third-order valence-electron chi connectivity index (χ3n) is 1.93. The van der Waals surface area contributed by atoms with Crippen molar-refractivity contribution in [1.82, 2.24) is 5.01 Å². The van der Waals surface area contributed by atoms with E-state index in [1.807, 2.05) is 0 Å². The minimum Gasteiger partial charge on any atom is -0.277 e. The number of rotatable bonds is 7. The second kappa shape index (κ2) is 7.77. The molecular weight excluding hydrogens is 164 g/mol. The lowest BCUT2D eigenvalue weighted by molar-refractivity contribution is -0.117. The van der Waals surface area contributed by atoms with Crippen LogP contribution in [-0.2, 0) is 4.79 Å². The summed E-state index contributed by atoms with van der Waals surface area (Å²) in [7, 11) is 1.67. The van der Waals surface area contributed by atoms with Crippen molar-refractivity contribution in [3.05, 3.63) is 0 Å². The molecule has 0 aliphatic heterocycles. The van der Waals surface area contributed by atoms with Crippen molar-refractivity contribution in [2.24, 2.45) is 5.10 Å². The maximum atomic E-state index is 10.3. The smallest absolute Gasteiger partial charge is 0.229 e. The van der Waals surface area contributed by atoms with Gasteiger partial charge in [0.05, 0.1) is 0 Å². The molecule has 0 aliphatic carbocycles. The van der Waals surface area contributed by atoms with Gasteiger partial charge in [-0.1, -0.05) is 26.7 Å². The standard InChI is InChI=1S/C10H20N2O/c1-4-6-7-8-10(5-2)11-12(3)9-13/h9H,4-8H2,1-3H3. The highest BCUT2D eigenvalue weighted by Gasteiger charge is 1.97. The lowest BCUT2D eigenvalue weighted by Gasteiger charge is -2.07. The van der Waals surface area contributed by atoms with E-state index in [-0.39, 0.29) is 0 Å². The molecule has 0 saturated carbocycles. The molecule has 0 bridgehead atoms. The molecule has 0 aliphatic rings. The minimum atomic E-state index is 0.732. The maximum absolute atomic E-state index is 10.3. The third kappa shape index (κ3) is 6.31. The highest BCUT2D eigenvalue weighted by atomic mass is 16.1. The van der Waals surface area contributed by atoms with Crippen LogP contribution in [-0.4, -0.2) is 24.2 Å². The molecule has 3 nitrogen and oxygen atoms in total. The summed E-state index contributed by atoms with van der Waals surface area (Å²) in [5.41, 5.74) is 1.11. The molecule has 0 rings (SSSR count). The van der Waals surface area contributed by atoms with E-state index in [0.717, 1.165) is 25.0 Å². The number of carbonyl (C=O) groups excluding carboxylic acids is 1. The zero-order valence-electron chi connectivity index (χ0n) is 8.92. The van der Waals surface area contributed by atoms with E-state index in [9.17, 15) is 4.79 Å². The van der Waals surface area contributed by atoms with E-state index >= 15 is 0 Å². The Kier molecular flexibility index (Phi) is 7.26. The van der Waals surface area contributed by atoms with Gasteiger partial charge < -0.3 is 0 Å². The number of amides is 1. The first-order valence-electron chi connectivity index (χ1n) is 4.99. The van der Waals surface area contributed by atoms with Crippen LogP contribution >= 0.6 is 0 Å². The predicted molar refractivity (Wildman–Crippen MR) is 55.7 cm³/mol. The van der Waals surface area contributed by atoms with E-state index in [2.05, 4.69) is 18.9 Å². The Bertz CT molecular complexity index is 166. The molecule has 76 valence electrons. The van der Waals surface area contributed by atoms with Gasteiger partial charge in [0, 0.05) is 12.8 Å². The van der Waals surface area contributed by atoms with Gasteiger partial charge in [-0.05, 0) is 19.3 Å². The van der Waals surface area contributed by atoms with Gasteiger partial charge in [-0.2, -0.15) is 5.10 Å². The van der Waals surface area contributed by atoms with Gasteiger partial charge in [0.25, 0.3) is 0 Å².